The molecule has 0 saturated heterocycles. The second-order valence-corrected chi connectivity index (χ2v) is 2.46. The maximum atomic E-state index is 9.68. The van der Waals surface area contributed by atoms with Gasteiger partial charge in [-0.05, 0) is 20.8 Å². The number of rotatable bonds is 0. The molecular formula is C5H9LiO3. The molecule has 0 amide bonds. The van der Waals surface area contributed by atoms with Crippen molar-refractivity contribution in [3.63, 3.8) is 0 Å². The van der Waals surface area contributed by atoms with Gasteiger partial charge in [0.25, 0.3) is 6.16 Å². The van der Waals surface area contributed by atoms with E-state index < -0.39 is 11.8 Å². The second kappa shape index (κ2) is 3.81. The van der Waals surface area contributed by atoms with E-state index in [1.807, 2.05) is 0 Å². The van der Waals surface area contributed by atoms with Crippen LogP contribution in [0.4, 0.5) is 4.79 Å². The second-order valence-electron chi connectivity index (χ2n) is 2.46. The molecule has 0 radical (unpaired) electrons. The van der Waals surface area contributed by atoms with E-state index in [-0.39, 0.29) is 18.9 Å². The first-order valence-corrected chi connectivity index (χ1v) is 2.32. The van der Waals surface area contributed by atoms with Crippen LogP contribution in [0.5, 0.6) is 0 Å². The summed E-state index contributed by atoms with van der Waals surface area (Å²) in [6.45, 7) is 4.92. The molecule has 0 aromatic heterocycles. The summed E-state index contributed by atoms with van der Waals surface area (Å²) < 4.78 is 4.24. The Morgan fingerprint density at radius 2 is 1.78 bits per heavy atom. The van der Waals surface area contributed by atoms with Crippen molar-refractivity contribution in [2.75, 3.05) is 0 Å². The van der Waals surface area contributed by atoms with Crippen LogP contribution >= 0.6 is 0 Å². The Labute approximate surface area is 66.6 Å². The van der Waals surface area contributed by atoms with Gasteiger partial charge in [0, 0.05) is 5.60 Å². The number of carboxylic acid groups (broad SMARTS) is 1. The Morgan fingerprint density at radius 3 is 1.78 bits per heavy atom. The van der Waals surface area contributed by atoms with E-state index >= 15 is 0 Å². The van der Waals surface area contributed by atoms with Gasteiger partial charge in [0.2, 0.25) is 0 Å². The van der Waals surface area contributed by atoms with Gasteiger partial charge in [0.1, 0.15) is 0 Å². The maximum Gasteiger partial charge on any atom is 1.00 e. The fraction of sp³-hybridized carbons (Fsp3) is 0.800. The minimum atomic E-state index is -1.47. The van der Waals surface area contributed by atoms with Gasteiger partial charge in [0.05, 0.1) is 0 Å². The number of hydrogen-bond acceptors (Lipinski definition) is 3. The van der Waals surface area contributed by atoms with Crippen LogP contribution in [0.3, 0.4) is 0 Å². The standard InChI is InChI=1S/C5H10O3.Li/c1-5(2,3)8-4(6)7;/h1-3H3,(H,6,7);/q;+1/p-1. The van der Waals surface area contributed by atoms with Crippen molar-refractivity contribution in [1.29, 1.82) is 0 Å². The average molecular weight is 124 g/mol. The first-order valence-electron chi connectivity index (χ1n) is 2.32. The zero-order valence-corrected chi connectivity index (χ0v) is 6.22. The van der Waals surface area contributed by atoms with Crippen LogP contribution in [0.25, 0.3) is 0 Å². The molecule has 0 atom stereocenters. The summed E-state index contributed by atoms with van der Waals surface area (Å²) in [7, 11) is 0. The molecule has 0 aromatic carbocycles. The minimum absolute atomic E-state index is 0. The van der Waals surface area contributed by atoms with Gasteiger partial charge in [-0.1, -0.05) is 0 Å². The van der Waals surface area contributed by atoms with E-state index in [1.165, 1.54) is 0 Å². The van der Waals surface area contributed by atoms with Crippen LogP contribution in [-0.4, -0.2) is 11.8 Å². The summed E-state index contributed by atoms with van der Waals surface area (Å²) >= 11 is 0. The largest absolute Gasteiger partial charge is 1.00 e. The Balaban J connectivity index is 0. The summed E-state index contributed by atoms with van der Waals surface area (Å²) in [4.78, 5) is 9.68. The molecule has 3 nitrogen and oxygen atoms in total. The third-order valence-electron chi connectivity index (χ3n) is 0.390. The predicted molar refractivity (Wildman–Crippen MR) is 26.2 cm³/mol. The fourth-order valence-electron chi connectivity index (χ4n) is 0.250. The van der Waals surface area contributed by atoms with Crippen LogP contribution in [0.15, 0.2) is 0 Å². The van der Waals surface area contributed by atoms with Crippen LogP contribution < -0.4 is 24.0 Å². The van der Waals surface area contributed by atoms with Gasteiger partial charge < -0.3 is 14.6 Å². The van der Waals surface area contributed by atoms with Crippen molar-refractivity contribution < 1.29 is 33.5 Å². The third-order valence-corrected chi connectivity index (χ3v) is 0.390. The molecule has 0 rings (SSSR count). The van der Waals surface area contributed by atoms with Crippen LogP contribution in [0.1, 0.15) is 20.8 Å². The van der Waals surface area contributed by atoms with Gasteiger partial charge in [-0.3, -0.25) is 0 Å². The van der Waals surface area contributed by atoms with Gasteiger partial charge in [-0.15, -0.1) is 0 Å². The molecule has 0 aliphatic carbocycles. The van der Waals surface area contributed by atoms with E-state index in [2.05, 4.69) is 4.74 Å². The Morgan fingerprint density at radius 1 is 1.44 bits per heavy atom. The molecule has 4 heteroatoms. The molecule has 0 spiro atoms. The first-order chi connectivity index (χ1) is 3.42. The molecule has 0 aliphatic rings. The van der Waals surface area contributed by atoms with E-state index in [0.29, 0.717) is 0 Å². The van der Waals surface area contributed by atoms with Gasteiger partial charge in [-0.2, -0.15) is 0 Å². The summed E-state index contributed by atoms with van der Waals surface area (Å²) in [5.41, 5.74) is -0.640. The molecule has 0 bridgehead atoms. The van der Waals surface area contributed by atoms with E-state index in [1.54, 1.807) is 20.8 Å². The molecule has 9 heavy (non-hydrogen) atoms. The predicted octanol–water partition coefficient (Wildman–Crippen LogP) is -2.85. The smallest absolute Gasteiger partial charge is 0.544 e. The normalized spacial score (nSPS) is 9.67. The van der Waals surface area contributed by atoms with Gasteiger partial charge in [-0.25, -0.2) is 0 Å². The van der Waals surface area contributed by atoms with E-state index in [0.717, 1.165) is 0 Å². The first kappa shape index (κ1) is 11.6. The molecular weight excluding hydrogens is 115 g/mol. The number of carbonyl (C=O) groups excluding carboxylic acids is 1. The molecule has 0 unspecified atom stereocenters. The number of hydrogen-bond donors (Lipinski definition) is 0. The zero-order chi connectivity index (χ0) is 6.78. The fourth-order valence-corrected chi connectivity index (χ4v) is 0.250. The van der Waals surface area contributed by atoms with E-state index in [9.17, 15) is 9.90 Å². The van der Waals surface area contributed by atoms with Crippen LogP contribution in [0.2, 0.25) is 0 Å². The molecule has 0 aromatic rings. The molecule has 48 valence electrons. The van der Waals surface area contributed by atoms with Crippen molar-refractivity contribution in [1.82, 2.24) is 0 Å². The van der Waals surface area contributed by atoms with Gasteiger partial charge >= 0.3 is 18.9 Å². The monoisotopic (exact) mass is 124 g/mol. The SMILES string of the molecule is CC(C)(C)OC(=O)[O-].[Li+]. The Bertz CT molecular complexity index is 94.9. The zero-order valence-electron chi connectivity index (χ0n) is 6.22. The molecule has 0 N–H and O–H groups in total. The summed E-state index contributed by atoms with van der Waals surface area (Å²) in [6, 6.07) is 0. The average Bonchev–Trinajstić information content (AvgIpc) is 1.21. The van der Waals surface area contributed by atoms with Gasteiger partial charge in [0.15, 0.2) is 0 Å². The minimum Gasteiger partial charge on any atom is -0.544 e. The van der Waals surface area contributed by atoms with Crippen molar-refractivity contribution in [2.24, 2.45) is 0 Å². The third kappa shape index (κ3) is 11.4. The van der Waals surface area contributed by atoms with Crippen molar-refractivity contribution in [2.45, 2.75) is 26.4 Å². The van der Waals surface area contributed by atoms with E-state index in [4.69, 9.17) is 0 Å². The van der Waals surface area contributed by atoms with Crippen molar-refractivity contribution in [3.05, 3.63) is 0 Å². The maximum absolute atomic E-state index is 9.68. The summed E-state index contributed by atoms with van der Waals surface area (Å²) in [5, 5.41) is 9.68. The summed E-state index contributed by atoms with van der Waals surface area (Å²) in [5.74, 6) is 0. The Kier molecular flexibility index (Phi) is 4.93. The van der Waals surface area contributed by atoms with Crippen molar-refractivity contribution in [3.8, 4) is 0 Å². The topological polar surface area (TPSA) is 49.4 Å². The number of carbonyl (C=O) groups is 1. The molecule has 0 fully saturated rings. The molecule has 0 heterocycles. The molecule has 0 saturated carbocycles. The number of ether oxygens (including phenoxy) is 1. The summed E-state index contributed by atoms with van der Waals surface area (Å²) in [6.07, 6.45) is -1.47. The molecule has 0 aliphatic heterocycles. The Hall–Kier alpha value is -0.133. The van der Waals surface area contributed by atoms with Crippen LogP contribution in [0, 0.1) is 0 Å². The van der Waals surface area contributed by atoms with Crippen LogP contribution in [-0.2, 0) is 4.74 Å². The quantitative estimate of drug-likeness (QED) is 0.258. The van der Waals surface area contributed by atoms with Crippen molar-refractivity contribution >= 4 is 6.16 Å².